The zero-order valence-corrected chi connectivity index (χ0v) is 15.9. The number of aliphatic hydroxyl groups excluding tert-OH is 1. The molecular formula is C20H20ClN3O4. The van der Waals surface area contributed by atoms with Gasteiger partial charge in [0.25, 0.3) is 11.8 Å². The fourth-order valence-electron chi connectivity index (χ4n) is 3.61. The van der Waals surface area contributed by atoms with E-state index in [2.05, 4.69) is 15.6 Å². The largest absolute Gasteiger partial charge is 0.382 e. The van der Waals surface area contributed by atoms with Crippen LogP contribution in [0, 0.1) is 11.8 Å². The number of nitrogens with zero attached hydrogens (tertiary/aromatic N) is 1. The molecule has 1 saturated carbocycles. The van der Waals surface area contributed by atoms with E-state index in [4.69, 9.17) is 16.3 Å². The summed E-state index contributed by atoms with van der Waals surface area (Å²) >= 11 is 6.17. The number of aromatic nitrogens is 1. The van der Waals surface area contributed by atoms with E-state index in [-0.39, 0.29) is 28.9 Å². The van der Waals surface area contributed by atoms with E-state index in [1.165, 1.54) is 19.2 Å². The molecule has 2 fully saturated rings. The van der Waals surface area contributed by atoms with Gasteiger partial charge >= 0.3 is 0 Å². The number of amides is 2. The third-order valence-corrected chi connectivity index (χ3v) is 5.64. The van der Waals surface area contributed by atoms with Crippen molar-refractivity contribution in [2.75, 3.05) is 20.3 Å². The summed E-state index contributed by atoms with van der Waals surface area (Å²) in [4.78, 5) is 29.1. The smallest absolute Gasteiger partial charge is 0.269 e. The van der Waals surface area contributed by atoms with Crippen LogP contribution in [-0.4, -0.2) is 48.2 Å². The average molecular weight is 402 g/mol. The molecule has 1 aliphatic carbocycles. The molecule has 0 spiro atoms. The van der Waals surface area contributed by atoms with Gasteiger partial charge in [-0.25, -0.2) is 4.98 Å². The Morgan fingerprint density at radius 1 is 1.21 bits per heavy atom. The highest BCUT2D eigenvalue weighted by Crippen LogP contribution is 2.44. The number of hydrogen-bond donors (Lipinski definition) is 3. The van der Waals surface area contributed by atoms with Crippen molar-refractivity contribution in [2.45, 2.75) is 12.1 Å². The van der Waals surface area contributed by atoms with Crippen LogP contribution < -0.4 is 10.6 Å². The normalized spacial score (nSPS) is 23.6. The number of nitrogens with one attached hydrogen (secondary N) is 2. The molecule has 0 bridgehead atoms. The van der Waals surface area contributed by atoms with Gasteiger partial charge in [-0.3, -0.25) is 9.59 Å². The lowest BCUT2D eigenvalue weighted by Gasteiger charge is -2.15. The van der Waals surface area contributed by atoms with E-state index < -0.39 is 12.0 Å². The minimum atomic E-state index is -1.17. The first kappa shape index (κ1) is 18.9. The van der Waals surface area contributed by atoms with Crippen molar-refractivity contribution in [1.29, 1.82) is 0 Å². The highest BCUT2D eigenvalue weighted by molar-refractivity contribution is 6.31. The first-order chi connectivity index (χ1) is 13.5. The van der Waals surface area contributed by atoms with E-state index in [1.54, 1.807) is 24.3 Å². The number of halogens is 1. The minimum Gasteiger partial charge on any atom is -0.382 e. The maximum Gasteiger partial charge on any atom is 0.269 e. The second kappa shape index (κ2) is 7.50. The van der Waals surface area contributed by atoms with Crippen molar-refractivity contribution in [2.24, 2.45) is 11.8 Å². The van der Waals surface area contributed by atoms with Crippen LogP contribution in [0.1, 0.15) is 38.2 Å². The number of rotatable bonds is 5. The lowest BCUT2D eigenvalue weighted by molar-refractivity contribution is 0.0928. The number of benzene rings is 1. The van der Waals surface area contributed by atoms with Gasteiger partial charge in [0.15, 0.2) is 0 Å². The zero-order valence-electron chi connectivity index (χ0n) is 15.2. The molecule has 146 valence electrons. The Bertz CT molecular complexity index is 925. The second-order valence-corrected chi connectivity index (χ2v) is 7.44. The molecule has 2 amide bonds. The molecular weight excluding hydrogens is 382 g/mol. The number of carbonyl (C=O) groups excluding carboxylic acids is 2. The fourth-order valence-corrected chi connectivity index (χ4v) is 3.85. The minimum absolute atomic E-state index is 0.0515. The van der Waals surface area contributed by atoms with E-state index in [9.17, 15) is 14.7 Å². The van der Waals surface area contributed by atoms with Gasteiger partial charge in [-0.2, -0.15) is 0 Å². The molecule has 7 nitrogen and oxygen atoms in total. The van der Waals surface area contributed by atoms with E-state index in [1.807, 2.05) is 0 Å². The van der Waals surface area contributed by atoms with E-state index >= 15 is 0 Å². The van der Waals surface area contributed by atoms with Crippen molar-refractivity contribution in [1.82, 2.24) is 15.6 Å². The molecule has 0 unspecified atom stereocenters. The van der Waals surface area contributed by atoms with Gasteiger partial charge in [0, 0.05) is 41.1 Å². The highest BCUT2D eigenvalue weighted by Gasteiger charge is 2.54. The van der Waals surface area contributed by atoms with Crippen LogP contribution in [0.15, 0.2) is 36.4 Å². The molecule has 1 aliphatic heterocycles. The third-order valence-electron chi connectivity index (χ3n) is 5.30. The molecule has 3 N–H and O–H groups in total. The number of fused-ring (bicyclic) bond motifs is 1. The van der Waals surface area contributed by atoms with Crippen LogP contribution >= 0.6 is 11.6 Å². The molecule has 1 saturated heterocycles. The van der Waals surface area contributed by atoms with Gasteiger partial charge < -0.3 is 20.5 Å². The third kappa shape index (κ3) is 3.48. The predicted molar refractivity (Wildman–Crippen MR) is 102 cm³/mol. The number of hydrogen-bond acceptors (Lipinski definition) is 5. The SMILES string of the molecule is CNC(=O)c1cc(C(=O)N[C@H]2[C@@H]3COC[C@@H]32)cc([C@H](O)c2ccccc2Cl)n1. The molecule has 2 aromatic rings. The van der Waals surface area contributed by atoms with Crippen LogP contribution in [0.3, 0.4) is 0 Å². The Labute approximate surface area is 167 Å². The van der Waals surface area contributed by atoms with Crippen molar-refractivity contribution in [3.05, 3.63) is 63.9 Å². The Balaban J connectivity index is 1.64. The summed E-state index contributed by atoms with van der Waals surface area (Å²) in [5.41, 5.74) is 0.945. The molecule has 28 heavy (non-hydrogen) atoms. The quantitative estimate of drug-likeness (QED) is 0.705. The first-order valence-electron chi connectivity index (χ1n) is 9.04. The Kier molecular flexibility index (Phi) is 5.05. The van der Waals surface area contributed by atoms with Crippen molar-refractivity contribution < 1.29 is 19.4 Å². The summed E-state index contributed by atoms with van der Waals surface area (Å²) in [7, 11) is 1.48. The monoisotopic (exact) mass is 401 g/mol. The first-order valence-corrected chi connectivity index (χ1v) is 9.42. The summed E-state index contributed by atoms with van der Waals surface area (Å²) in [6, 6.07) is 9.83. The predicted octanol–water partition coefficient (Wildman–Crippen LogP) is 1.55. The average Bonchev–Trinajstić information content (AvgIpc) is 3.13. The van der Waals surface area contributed by atoms with Gasteiger partial charge in [0.1, 0.15) is 11.8 Å². The van der Waals surface area contributed by atoms with Crippen LogP contribution in [0.4, 0.5) is 0 Å². The van der Waals surface area contributed by atoms with Crippen molar-refractivity contribution in [3.8, 4) is 0 Å². The van der Waals surface area contributed by atoms with Crippen molar-refractivity contribution in [3.63, 3.8) is 0 Å². The number of pyridine rings is 1. The van der Waals surface area contributed by atoms with Crippen LogP contribution in [0.2, 0.25) is 5.02 Å². The summed E-state index contributed by atoms with van der Waals surface area (Å²) in [6.45, 7) is 1.32. The standard InChI is InChI=1S/C20H20ClN3O4/c1-22-20(27)16-7-10(19(26)24-17-12-8-28-9-13(12)17)6-15(23-16)18(25)11-4-2-3-5-14(11)21/h2-7,12-13,17-18,25H,8-9H2,1H3,(H,22,27)(H,24,26)/t12-,13+,17+,18-/m1/s1. The van der Waals surface area contributed by atoms with Gasteiger partial charge in [0.2, 0.25) is 0 Å². The maximum atomic E-state index is 12.7. The molecule has 4 atom stereocenters. The van der Waals surface area contributed by atoms with Crippen LogP contribution in [0.25, 0.3) is 0 Å². The Morgan fingerprint density at radius 3 is 2.61 bits per heavy atom. The van der Waals surface area contributed by atoms with Crippen LogP contribution in [0.5, 0.6) is 0 Å². The molecule has 1 aromatic carbocycles. The number of carbonyl (C=O) groups is 2. The van der Waals surface area contributed by atoms with E-state index in [0.717, 1.165) is 0 Å². The summed E-state index contributed by atoms with van der Waals surface area (Å²) in [5.74, 6) is -0.0340. The molecule has 8 heteroatoms. The fraction of sp³-hybridized carbons (Fsp3) is 0.350. The lowest BCUT2D eigenvalue weighted by Crippen LogP contribution is -2.31. The van der Waals surface area contributed by atoms with E-state index in [0.29, 0.717) is 35.6 Å². The van der Waals surface area contributed by atoms with Gasteiger partial charge in [-0.05, 0) is 18.2 Å². The summed E-state index contributed by atoms with van der Waals surface area (Å²) in [5, 5.41) is 16.6. The van der Waals surface area contributed by atoms with Gasteiger partial charge in [0.05, 0.1) is 18.9 Å². The second-order valence-electron chi connectivity index (χ2n) is 7.03. The van der Waals surface area contributed by atoms with Gasteiger partial charge in [-0.15, -0.1) is 0 Å². The topological polar surface area (TPSA) is 101 Å². The Hall–Kier alpha value is -2.48. The van der Waals surface area contributed by atoms with Crippen LogP contribution in [-0.2, 0) is 4.74 Å². The molecule has 1 aromatic heterocycles. The highest BCUT2D eigenvalue weighted by atomic mass is 35.5. The van der Waals surface area contributed by atoms with Crippen molar-refractivity contribution >= 4 is 23.4 Å². The molecule has 2 heterocycles. The maximum absolute atomic E-state index is 12.7. The number of aliphatic hydroxyl groups is 1. The molecule has 2 aliphatic rings. The summed E-state index contributed by atoms with van der Waals surface area (Å²) in [6.07, 6.45) is -1.17. The Morgan fingerprint density at radius 2 is 1.93 bits per heavy atom. The molecule has 4 rings (SSSR count). The number of ether oxygens (including phenoxy) is 1. The zero-order chi connectivity index (χ0) is 19.8. The van der Waals surface area contributed by atoms with Gasteiger partial charge in [-0.1, -0.05) is 29.8 Å². The molecule has 0 radical (unpaired) electrons. The lowest BCUT2D eigenvalue weighted by atomic mass is 10.0. The summed E-state index contributed by atoms with van der Waals surface area (Å²) < 4.78 is 5.34.